The van der Waals surface area contributed by atoms with Crippen LogP contribution in [-0.2, 0) is 0 Å². The van der Waals surface area contributed by atoms with E-state index < -0.39 is 0 Å². The van der Waals surface area contributed by atoms with Crippen LogP contribution in [0.4, 0.5) is 0 Å². The molecule has 0 saturated heterocycles. The Morgan fingerprint density at radius 3 is 2.25 bits per heavy atom. The Bertz CT molecular complexity index is 173. The van der Waals surface area contributed by atoms with E-state index in [9.17, 15) is 0 Å². The van der Waals surface area contributed by atoms with Crippen molar-refractivity contribution >= 4 is 45.2 Å². The molecule has 44 valence electrons. The molecule has 0 radical (unpaired) electrons. The van der Waals surface area contributed by atoms with Crippen molar-refractivity contribution in [2.24, 2.45) is 0 Å². The molecule has 0 aliphatic carbocycles. The van der Waals surface area contributed by atoms with Crippen molar-refractivity contribution in [3.8, 4) is 0 Å². The molecule has 0 N–H and O–H groups in total. The minimum Gasteiger partial charge on any atom is -0.455 e. The summed E-state index contributed by atoms with van der Waals surface area (Å²) in [4.78, 5) is 0. The van der Waals surface area contributed by atoms with Gasteiger partial charge in [-0.05, 0) is 52.1 Å². The van der Waals surface area contributed by atoms with Crippen LogP contribution < -0.4 is 0 Å². The first-order valence-electron chi connectivity index (χ1n) is 2.11. The maximum Gasteiger partial charge on any atom is 0.165 e. The normalized spacial score (nSPS) is 9.88. The fraction of sp³-hybridized carbons (Fsp3) is 0.200. The highest BCUT2D eigenvalue weighted by atomic mass is 127. The van der Waals surface area contributed by atoms with Crippen LogP contribution in [0.3, 0.4) is 0 Å². The van der Waals surface area contributed by atoms with Gasteiger partial charge in [-0.1, -0.05) is 0 Å². The lowest BCUT2D eigenvalue weighted by molar-refractivity contribution is 0.505. The summed E-state index contributed by atoms with van der Waals surface area (Å²) in [7, 11) is 0. The fourth-order valence-electron chi connectivity index (χ4n) is 0.426. The Morgan fingerprint density at radius 1 is 1.50 bits per heavy atom. The van der Waals surface area contributed by atoms with E-state index in [1.165, 1.54) is 3.57 Å². The van der Waals surface area contributed by atoms with E-state index in [2.05, 4.69) is 45.2 Å². The van der Waals surface area contributed by atoms with Crippen molar-refractivity contribution in [2.75, 3.05) is 0 Å². The van der Waals surface area contributed by atoms with Gasteiger partial charge >= 0.3 is 0 Å². The first-order valence-corrected chi connectivity index (χ1v) is 4.27. The van der Waals surface area contributed by atoms with E-state index in [0.29, 0.717) is 0 Å². The molecule has 0 unspecified atom stereocenters. The maximum absolute atomic E-state index is 5.19. The lowest BCUT2D eigenvalue weighted by Crippen LogP contribution is -1.62. The zero-order valence-corrected chi connectivity index (χ0v) is 8.56. The smallest absolute Gasteiger partial charge is 0.165 e. The van der Waals surface area contributed by atoms with Crippen molar-refractivity contribution in [3.05, 3.63) is 19.2 Å². The standard InChI is InChI=1S/C5H4I2O/c1-3-4(6)2-5(7)8-3/h2H,1H3. The zero-order chi connectivity index (χ0) is 6.15. The molecule has 0 aliphatic heterocycles. The number of halogens is 2. The van der Waals surface area contributed by atoms with Crippen molar-refractivity contribution in [3.63, 3.8) is 0 Å². The molecule has 8 heavy (non-hydrogen) atoms. The molecule has 0 spiro atoms. The number of hydrogen-bond acceptors (Lipinski definition) is 1. The molecule has 1 nitrogen and oxygen atoms in total. The average molecular weight is 334 g/mol. The maximum atomic E-state index is 5.19. The Morgan fingerprint density at radius 2 is 2.12 bits per heavy atom. The van der Waals surface area contributed by atoms with Gasteiger partial charge in [-0.3, -0.25) is 0 Å². The molecule has 0 saturated carbocycles. The van der Waals surface area contributed by atoms with Crippen molar-refractivity contribution in [1.29, 1.82) is 0 Å². The molecule has 1 heterocycles. The lowest BCUT2D eigenvalue weighted by Gasteiger charge is -1.78. The number of hydrogen-bond donors (Lipinski definition) is 0. The van der Waals surface area contributed by atoms with E-state index >= 15 is 0 Å². The van der Waals surface area contributed by atoms with Crippen LogP contribution in [0.1, 0.15) is 5.76 Å². The molecule has 1 aromatic rings. The van der Waals surface area contributed by atoms with Gasteiger partial charge in [0.05, 0.1) is 3.57 Å². The summed E-state index contributed by atoms with van der Waals surface area (Å²) in [6.07, 6.45) is 0. The zero-order valence-electron chi connectivity index (χ0n) is 4.24. The van der Waals surface area contributed by atoms with Gasteiger partial charge in [0.15, 0.2) is 3.77 Å². The second-order valence-electron chi connectivity index (χ2n) is 1.45. The first kappa shape index (κ1) is 6.85. The van der Waals surface area contributed by atoms with Gasteiger partial charge in [-0.15, -0.1) is 0 Å². The molecule has 0 aromatic carbocycles. The molecule has 0 bridgehead atoms. The summed E-state index contributed by atoms with van der Waals surface area (Å²) in [6, 6.07) is 2.01. The molecular weight excluding hydrogens is 330 g/mol. The van der Waals surface area contributed by atoms with Crippen LogP contribution in [0.5, 0.6) is 0 Å². The Hall–Kier alpha value is 0.740. The third kappa shape index (κ3) is 1.37. The SMILES string of the molecule is Cc1oc(I)cc1I. The Kier molecular flexibility index (Phi) is 2.19. The highest BCUT2D eigenvalue weighted by Crippen LogP contribution is 2.17. The van der Waals surface area contributed by atoms with E-state index in [-0.39, 0.29) is 0 Å². The minimum absolute atomic E-state index is 0.963. The van der Waals surface area contributed by atoms with Crippen LogP contribution in [0.15, 0.2) is 10.5 Å². The molecule has 1 rings (SSSR count). The van der Waals surface area contributed by atoms with Crippen molar-refractivity contribution < 1.29 is 4.42 Å². The summed E-state index contributed by atoms with van der Waals surface area (Å²) in [5.41, 5.74) is 0. The van der Waals surface area contributed by atoms with E-state index in [0.717, 1.165) is 9.53 Å². The lowest BCUT2D eigenvalue weighted by atomic mass is 10.5. The average Bonchev–Trinajstić information content (AvgIpc) is 1.85. The van der Waals surface area contributed by atoms with Gasteiger partial charge in [0, 0.05) is 6.07 Å². The van der Waals surface area contributed by atoms with Crippen LogP contribution in [0, 0.1) is 14.3 Å². The molecule has 0 aliphatic rings. The van der Waals surface area contributed by atoms with E-state index in [1.807, 2.05) is 13.0 Å². The topological polar surface area (TPSA) is 13.1 Å². The number of aryl methyl sites for hydroxylation is 1. The number of rotatable bonds is 0. The molecule has 0 atom stereocenters. The quantitative estimate of drug-likeness (QED) is 0.665. The third-order valence-electron chi connectivity index (χ3n) is 0.827. The van der Waals surface area contributed by atoms with Crippen LogP contribution in [-0.4, -0.2) is 0 Å². The van der Waals surface area contributed by atoms with Crippen molar-refractivity contribution in [2.45, 2.75) is 6.92 Å². The summed E-state index contributed by atoms with van der Waals surface area (Å²) in [6.45, 7) is 1.96. The molecule has 3 heteroatoms. The van der Waals surface area contributed by atoms with Gasteiger partial charge in [0.2, 0.25) is 0 Å². The summed E-state index contributed by atoms with van der Waals surface area (Å²) in [5.74, 6) is 1.01. The van der Waals surface area contributed by atoms with Gasteiger partial charge in [0.25, 0.3) is 0 Å². The fourth-order valence-corrected chi connectivity index (χ4v) is 2.06. The summed E-state index contributed by atoms with van der Waals surface area (Å²) < 4.78 is 7.36. The molecular formula is C5H4I2O. The Balaban J connectivity index is 3.14. The van der Waals surface area contributed by atoms with E-state index in [1.54, 1.807) is 0 Å². The van der Waals surface area contributed by atoms with Gasteiger partial charge in [-0.2, -0.15) is 0 Å². The van der Waals surface area contributed by atoms with Crippen LogP contribution in [0.25, 0.3) is 0 Å². The summed E-state index contributed by atoms with van der Waals surface area (Å²) in [5, 5.41) is 0. The van der Waals surface area contributed by atoms with Crippen LogP contribution in [0.2, 0.25) is 0 Å². The summed E-state index contributed by atoms with van der Waals surface area (Å²) >= 11 is 4.40. The third-order valence-corrected chi connectivity index (χ3v) is 2.43. The second kappa shape index (κ2) is 2.55. The van der Waals surface area contributed by atoms with Gasteiger partial charge < -0.3 is 4.42 Å². The highest BCUT2D eigenvalue weighted by Gasteiger charge is 1.98. The van der Waals surface area contributed by atoms with E-state index in [4.69, 9.17) is 4.42 Å². The van der Waals surface area contributed by atoms with Crippen molar-refractivity contribution in [1.82, 2.24) is 0 Å². The monoisotopic (exact) mass is 334 g/mol. The minimum atomic E-state index is 0.963. The first-order chi connectivity index (χ1) is 3.70. The molecule has 0 amide bonds. The van der Waals surface area contributed by atoms with Gasteiger partial charge in [-0.25, -0.2) is 0 Å². The van der Waals surface area contributed by atoms with Gasteiger partial charge in [0.1, 0.15) is 5.76 Å². The highest BCUT2D eigenvalue weighted by molar-refractivity contribution is 14.1. The Labute approximate surface area is 75.1 Å². The molecule has 1 aromatic heterocycles. The molecule has 0 fully saturated rings. The largest absolute Gasteiger partial charge is 0.455 e. The predicted octanol–water partition coefficient (Wildman–Crippen LogP) is 2.80. The number of furan rings is 1. The van der Waals surface area contributed by atoms with Crippen LogP contribution >= 0.6 is 45.2 Å². The predicted molar refractivity (Wildman–Crippen MR) is 48.9 cm³/mol. The second-order valence-corrected chi connectivity index (χ2v) is 3.68.